The summed E-state index contributed by atoms with van der Waals surface area (Å²) in [6, 6.07) is 3.59. The Bertz CT molecular complexity index is 498. The fourth-order valence-corrected chi connectivity index (χ4v) is 4.69. The van der Waals surface area contributed by atoms with E-state index in [1.165, 1.54) is 11.3 Å². The largest absolute Gasteiger partial charge is 0.312 e. The molecule has 1 atom stereocenters. The van der Waals surface area contributed by atoms with E-state index in [9.17, 15) is 8.42 Å². The van der Waals surface area contributed by atoms with Gasteiger partial charge >= 0.3 is 0 Å². The van der Waals surface area contributed by atoms with Gasteiger partial charge in [0.1, 0.15) is 4.21 Å². The second kappa shape index (κ2) is 9.56. The first kappa shape index (κ1) is 18.6. The van der Waals surface area contributed by atoms with Crippen LogP contribution in [0.3, 0.4) is 0 Å². The number of unbranched alkanes of at least 4 members (excludes halogenated alkanes) is 2. The van der Waals surface area contributed by atoms with Crippen LogP contribution in [0, 0.1) is 0 Å². The molecule has 0 saturated carbocycles. The molecule has 0 saturated heterocycles. The number of thiophene rings is 1. The second-order valence-electron chi connectivity index (χ2n) is 5.42. The van der Waals surface area contributed by atoms with Crippen molar-refractivity contribution >= 4 is 21.4 Å². The molecule has 2 N–H and O–H groups in total. The molecule has 6 heteroatoms. The maximum absolute atomic E-state index is 12.3. The molecule has 1 rings (SSSR count). The summed E-state index contributed by atoms with van der Waals surface area (Å²) < 4.78 is 27.8. The van der Waals surface area contributed by atoms with Gasteiger partial charge in [-0.3, -0.25) is 0 Å². The van der Waals surface area contributed by atoms with Crippen molar-refractivity contribution in [2.24, 2.45) is 0 Å². The average Bonchev–Trinajstić information content (AvgIpc) is 2.88. The van der Waals surface area contributed by atoms with E-state index in [4.69, 9.17) is 0 Å². The highest BCUT2D eigenvalue weighted by Gasteiger charge is 2.19. The zero-order valence-electron chi connectivity index (χ0n) is 13.3. The lowest BCUT2D eigenvalue weighted by Crippen LogP contribution is -2.32. The third-order valence-corrected chi connectivity index (χ3v) is 6.39. The van der Waals surface area contributed by atoms with Crippen LogP contribution in [0.25, 0.3) is 0 Å². The Morgan fingerprint density at radius 1 is 1.19 bits per heavy atom. The second-order valence-corrected chi connectivity index (χ2v) is 8.52. The third-order valence-electron chi connectivity index (χ3n) is 3.22. The molecule has 0 aliphatic heterocycles. The lowest BCUT2D eigenvalue weighted by atomic mass is 10.1. The summed E-state index contributed by atoms with van der Waals surface area (Å²) in [5.74, 6) is 0. The van der Waals surface area contributed by atoms with E-state index in [1.807, 2.05) is 13.0 Å². The standard InChI is InChI=1S/C15H28N2O2S2/c1-4-6-7-8-13(3)17-21(18,19)15-10-9-14(20-15)12-16-11-5-2/h9-10,13,16-17H,4-8,11-12H2,1-3H3. The minimum atomic E-state index is -3.37. The van der Waals surface area contributed by atoms with Crippen LogP contribution in [0.5, 0.6) is 0 Å². The molecule has 0 aromatic carbocycles. The van der Waals surface area contributed by atoms with Gasteiger partial charge in [-0.2, -0.15) is 0 Å². The van der Waals surface area contributed by atoms with Crippen LogP contribution in [0.4, 0.5) is 0 Å². The van der Waals surface area contributed by atoms with Gasteiger partial charge in [0, 0.05) is 17.5 Å². The van der Waals surface area contributed by atoms with Gasteiger partial charge in [-0.1, -0.05) is 33.1 Å². The summed E-state index contributed by atoms with van der Waals surface area (Å²) >= 11 is 1.35. The van der Waals surface area contributed by atoms with Gasteiger partial charge in [-0.05, 0) is 38.4 Å². The first-order valence-corrected chi connectivity index (χ1v) is 10.1. The van der Waals surface area contributed by atoms with Crippen LogP contribution in [-0.2, 0) is 16.6 Å². The van der Waals surface area contributed by atoms with Crippen molar-refractivity contribution in [3.8, 4) is 0 Å². The van der Waals surface area contributed by atoms with Crippen molar-refractivity contribution in [3.63, 3.8) is 0 Å². The van der Waals surface area contributed by atoms with E-state index in [2.05, 4.69) is 23.9 Å². The summed E-state index contributed by atoms with van der Waals surface area (Å²) in [5, 5.41) is 3.29. The van der Waals surface area contributed by atoms with E-state index in [1.54, 1.807) is 6.07 Å². The fourth-order valence-electron chi connectivity index (χ4n) is 2.07. The predicted octanol–water partition coefficient (Wildman–Crippen LogP) is 3.49. The van der Waals surface area contributed by atoms with Gasteiger partial charge in [0.2, 0.25) is 10.0 Å². The van der Waals surface area contributed by atoms with Crippen LogP contribution in [0.1, 0.15) is 57.8 Å². The van der Waals surface area contributed by atoms with Crippen molar-refractivity contribution < 1.29 is 8.42 Å². The summed E-state index contributed by atoms with van der Waals surface area (Å²) in [7, 11) is -3.37. The van der Waals surface area contributed by atoms with Crippen LogP contribution in [-0.4, -0.2) is 21.0 Å². The smallest absolute Gasteiger partial charge is 0.250 e. The normalized spacial score (nSPS) is 13.5. The molecule has 0 spiro atoms. The number of sulfonamides is 1. The minimum absolute atomic E-state index is 0.00897. The van der Waals surface area contributed by atoms with Crippen LogP contribution in [0.2, 0.25) is 0 Å². The summed E-state index contributed by atoms with van der Waals surface area (Å²) in [6.45, 7) is 7.88. The Kier molecular flexibility index (Phi) is 8.48. The van der Waals surface area contributed by atoms with E-state index in [0.717, 1.165) is 50.1 Å². The summed E-state index contributed by atoms with van der Waals surface area (Å²) in [4.78, 5) is 1.06. The molecule has 1 unspecified atom stereocenters. The third kappa shape index (κ3) is 6.91. The molecule has 4 nitrogen and oxygen atoms in total. The van der Waals surface area contributed by atoms with E-state index in [0.29, 0.717) is 4.21 Å². The molecule has 0 fully saturated rings. The average molecular weight is 333 g/mol. The highest BCUT2D eigenvalue weighted by molar-refractivity contribution is 7.91. The van der Waals surface area contributed by atoms with Crippen LogP contribution >= 0.6 is 11.3 Å². The van der Waals surface area contributed by atoms with Gasteiger partial charge in [-0.15, -0.1) is 11.3 Å². The zero-order valence-corrected chi connectivity index (χ0v) is 14.9. The maximum atomic E-state index is 12.3. The molecule has 0 bridgehead atoms. The SMILES string of the molecule is CCCCCC(C)NS(=O)(=O)c1ccc(CNCCC)s1. The molecule has 0 radical (unpaired) electrons. The lowest BCUT2D eigenvalue weighted by molar-refractivity contribution is 0.528. The van der Waals surface area contributed by atoms with Crippen molar-refractivity contribution in [1.82, 2.24) is 10.0 Å². The van der Waals surface area contributed by atoms with Crippen molar-refractivity contribution in [2.75, 3.05) is 6.54 Å². The van der Waals surface area contributed by atoms with Crippen molar-refractivity contribution in [3.05, 3.63) is 17.0 Å². The highest BCUT2D eigenvalue weighted by Crippen LogP contribution is 2.22. The number of hydrogen-bond donors (Lipinski definition) is 2. The number of rotatable bonds is 11. The Hall–Kier alpha value is -0.430. The Labute approximate surface area is 133 Å². The summed E-state index contributed by atoms with van der Waals surface area (Å²) in [5.41, 5.74) is 0. The highest BCUT2D eigenvalue weighted by atomic mass is 32.2. The molecule has 0 amide bonds. The Morgan fingerprint density at radius 3 is 2.62 bits per heavy atom. The number of hydrogen-bond acceptors (Lipinski definition) is 4. The quantitative estimate of drug-likeness (QED) is 0.610. The van der Waals surface area contributed by atoms with Gasteiger partial charge < -0.3 is 5.32 Å². The van der Waals surface area contributed by atoms with Crippen LogP contribution < -0.4 is 10.0 Å². The molecule has 0 aliphatic rings. The van der Waals surface area contributed by atoms with Gasteiger partial charge in [0.05, 0.1) is 0 Å². The minimum Gasteiger partial charge on any atom is -0.312 e. The first-order valence-electron chi connectivity index (χ1n) is 7.81. The van der Waals surface area contributed by atoms with Gasteiger partial charge in [0.25, 0.3) is 0 Å². The molecule has 1 aromatic heterocycles. The molecular formula is C15H28N2O2S2. The number of nitrogens with one attached hydrogen (secondary N) is 2. The molecule has 122 valence electrons. The predicted molar refractivity (Wildman–Crippen MR) is 90.2 cm³/mol. The lowest BCUT2D eigenvalue weighted by Gasteiger charge is -2.12. The Balaban J connectivity index is 2.53. The zero-order chi connectivity index (χ0) is 15.7. The maximum Gasteiger partial charge on any atom is 0.250 e. The molecule has 1 heterocycles. The monoisotopic (exact) mass is 332 g/mol. The fraction of sp³-hybridized carbons (Fsp3) is 0.733. The first-order chi connectivity index (χ1) is 9.99. The van der Waals surface area contributed by atoms with E-state index in [-0.39, 0.29) is 6.04 Å². The van der Waals surface area contributed by atoms with Crippen molar-refractivity contribution in [1.29, 1.82) is 0 Å². The van der Waals surface area contributed by atoms with Crippen LogP contribution in [0.15, 0.2) is 16.3 Å². The molecular weight excluding hydrogens is 304 g/mol. The van der Waals surface area contributed by atoms with Crippen molar-refractivity contribution in [2.45, 2.75) is 69.7 Å². The Morgan fingerprint density at radius 2 is 1.95 bits per heavy atom. The summed E-state index contributed by atoms with van der Waals surface area (Å²) in [6.07, 6.45) is 5.34. The molecule has 0 aliphatic carbocycles. The van der Waals surface area contributed by atoms with E-state index >= 15 is 0 Å². The van der Waals surface area contributed by atoms with E-state index < -0.39 is 10.0 Å². The van der Waals surface area contributed by atoms with Gasteiger partial charge in [0.15, 0.2) is 0 Å². The van der Waals surface area contributed by atoms with Gasteiger partial charge in [-0.25, -0.2) is 13.1 Å². The molecule has 1 aromatic rings. The topological polar surface area (TPSA) is 58.2 Å². The molecule has 21 heavy (non-hydrogen) atoms.